The summed E-state index contributed by atoms with van der Waals surface area (Å²) < 4.78 is 0. The molecule has 5 amide bonds. The molecule has 0 unspecified atom stereocenters. The van der Waals surface area contributed by atoms with Crippen LogP contribution in [0.4, 0.5) is 32.7 Å². The van der Waals surface area contributed by atoms with E-state index >= 15 is 0 Å². The van der Waals surface area contributed by atoms with Gasteiger partial charge in [0.05, 0.1) is 11.9 Å². The zero-order valence-corrected chi connectivity index (χ0v) is 30.3. The number of rotatable bonds is 11. The van der Waals surface area contributed by atoms with Gasteiger partial charge in [0, 0.05) is 46.2 Å². The number of urea groups is 2. The molecule has 13 nitrogen and oxygen atoms in total. The second kappa shape index (κ2) is 17.5. The third kappa shape index (κ3) is 8.35. The van der Waals surface area contributed by atoms with Crippen LogP contribution in [0.2, 0.25) is 0 Å². The molecule has 272 valence electrons. The van der Waals surface area contributed by atoms with Crippen LogP contribution in [0.3, 0.4) is 0 Å². The number of nitrogens with one attached hydrogen (secondary N) is 1. The summed E-state index contributed by atoms with van der Waals surface area (Å²) in [5, 5.41) is 13.4. The van der Waals surface area contributed by atoms with Crippen LogP contribution in [0.25, 0.3) is 0 Å². The van der Waals surface area contributed by atoms with Crippen molar-refractivity contribution in [1.29, 1.82) is 0 Å². The van der Waals surface area contributed by atoms with Crippen LogP contribution in [0.15, 0.2) is 60.8 Å². The van der Waals surface area contributed by atoms with Gasteiger partial charge in [-0.2, -0.15) is 4.98 Å². The van der Waals surface area contributed by atoms with Gasteiger partial charge in [-0.3, -0.25) is 9.69 Å². The van der Waals surface area contributed by atoms with Gasteiger partial charge >= 0.3 is 18.0 Å². The number of amides is 5. The number of aromatic nitrogens is 2. The highest BCUT2D eigenvalue weighted by atomic mass is 16.4. The van der Waals surface area contributed by atoms with Crippen molar-refractivity contribution in [2.45, 2.75) is 83.7 Å². The van der Waals surface area contributed by atoms with Crippen LogP contribution in [-0.4, -0.2) is 100 Å². The van der Waals surface area contributed by atoms with Crippen molar-refractivity contribution < 1.29 is 24.3 Å². The first kappa shape index (κ1) is 38.5. The van der Waals surface area contributed by atoms with E-state index in [0.717, 1.165) is 32.1 Å². The van der Waals surface area contributed by atoms with Crippen molar-refractivity contribution >= 4 is 47.1 Å². The Bertz CT molecular complexity index is 1670. The lowest BCUT2D eigenvalue weighted by atomic mass is 9.80. The van der Waals surface area contributed by atoms with E-state index in [1.165, 1.54) is 4.90 Å². The number of carbonyl (C=O) groups excluding carboxylic acids is 3. The Kier molecular flexibility index (Phi) is 13.2. The number of likely N-dealkylation sites (N-methyl/N-ethyl adjacent to an activating group) is 1. The Morgan fingerprint density at radius 1 is 0.980 bits per heavy atom. The number of carbonyl (C=O) groups is 4. The summed E-state index contributed by atoms with van der Waals surface area (Å²) in [5.41, 5.74) is 7.88. The molecule has 1 atom stereocenters. The van der Waals surface area contributed by atoms with E-state index in [2.05, 4.69) is 40.7 Å². The monoisotopic (exact) mass is 698 g/mol. The summed E-state index contributed by atoms with van der Waals surface area (Å²) in [5.74, 6) is -0.570. The number of carboxylic acids is 1. The summed E-state index contributed by atoms with van der Waals surface area (Å²) in [7, 11) is 1.70. The lowest BCUT2D eigenvalue weighted by molar-refractivity contribution is -0.137. The third-order valence-electron chi connectivity index (χ3n) is 9.84. The van der Waals surface area contributed by atoms with Crippen LogP contribution >= 0.6 is 0 Å². The van der Waals surface area contributed by atoms with E-state index in [1.807, 2.05) is 25.7 Å². The molecule has 1 saturated carbocycles. The van der Waals surface area contributed by atoms with Crippen molar-refractivity contribution in [3.05, 3.63) is 66.4 Å². The topological polar surface area (TPSA) is 143 Å². The molecule has 3 fully saturated rings. The van der Waals surface area contributed by atoms with Crippen molar-refractivity contribution in [3.8, 4) is 0 Å². The van der Waals surface area contributed by atoms with Crippen LogP contribution in [0, 0.1) is 0 Å². The molecule has 3 heterocycles. The summed E-state index contributed by atoms with van der Waals surface area (Å²) in [6.45, 7) is 15.3. The van der Waals surface area contributed by atoms with Crippen LogP contribution in [0.5, 0.6) is 0 Å². The van der Waals surface area contributed by atoms with E-state index in [-0.39, 0.29) is 30.2 Å². The summed E-state index contributed by atoms with van der Waals surface area (Å²) in [4.78, 5) is 70.3. The highest BCUT2D eigenvalue weighted by Crippen LogP contribution is 2.41. The van der Waals surface area contributed by atoms with Gasteiger partial charge in [0.15, 0.2) is 5.82 Å². The van der Waals surface area contributed by atoms with Gasteiger partial charge in [-0.05, 0) is 83.0 Å². The molecule has 2 aliphatic heterocycles. The van der Waals surface area contributed by atoms with Gasteiger partial charge in [0.2, 0.25) is 5.95 Å². The maximum Gasteiger partial charge on any atom is 0.332 e. The minimum Gasteiger partial charge on any atom is -0.480 e. The number of carboxylic acid groups (broad SMARTS) is 1. The maximum atomic E-state index is 13.6. The van der Waals surface area contributed by atoms with Gasteiger partial charge < -0.3 is 25.1 Å². The number of aliphatic carboxylic acids is 1. The molecule has 0 bridgehead atoms. The van der Waals surface area contributed by atoms with Crippen molar-refractivity contribution in [3.63, 3.8) is 0 Å². The SMILES string of the molecule is C=C=C=C=C.CCN(CC)c1ncc(N(CC)C(=O)N2CCCC2)c(N[C@@H](Cc2ccc(N3C(=O)N(C)C4(CCCCC4)C3=O)cc2)C(=O)O)n1. The fourth-order valence-electron chi connectivity index (χ4n) is 6.95. The van der Waals surface area contributed by atoms with Crippen molar-refractivity contribution in [2.24, 2.45) is 0 Å². The number of anilines is 4. The molecular formula is C38H50N8O5. The van der Waals surface area contributed by atoms with Crippen molar-refractivity contribution in [1.82, 2.24) is 19.8 Å². The molecule has 2 aromatic rings. The lowest BCUT2D eigenvalue weighted by Gasteiger charge is -2.35. The average molecular weight is 699 g/mol. The largest absolute Gasteiger partial charge is 0.480 e. The number of hydrogen-bond acceptors (Lipinski definition) is 8. The zero-order valence-electron chi connectivity index (χ0n) is 30.3. The fraction of sp³-hybridized carbons (Fsp3) is 0.500. The molecule has 1 spiro atoms. The Balaban J connectivity index is 0.00000109. The Hall–Kier alpha value is -5.34. The number of hydrogen-bond donors (Lipinski definition) is 2. The zero-order chi connectivity index (χ0) is 37.1. The lowest BCUT2D eigenvalue weighted by Crippen LogP contribution is -2.49. The number of nitrogens with zero attached hydrogens (tertiary/aromatic N) is 7. The molecule has 2 saturated heterocycles. The average Bonchev–Trinajstić information content (AvgIpc) is 3.74. The van der Waals surface area contributed by atoms with Gasteiger partial charge in [-0.25, -0.2) is 24.3 Å². The molecule has 1 aromatic heterocycles. The Morgan fingerprint density at radius 3 is 2.14 bits per heavy atom. The van der Waals surface area contributed by atoms with Crippen LogP contribution in [0.1, 0.15) is 71.3 Å². The molecule has 1 aliphatic carbocycles. The van der Waals surface area contributed by atoms with Crippen LogP contribution in [-0.2, 0) is 16.0 Å². The van der Waals surface area contributed by atoms with E-state index in [4.69, 9.17) is 4.98 Å². The highest BCUT2D eigenvalue weighted by molar-refractivity contribution is 6.23. The molecule has 1 aromatic carbocycles. The van der Waals surface area contributed by atoms with E-state index in [0.29, 0.717) is 68.5 Å². The Morgan fingerprint density at radius 2 is 1.61 bits per heavy atom. The number of imide groups is 1. The quantitative estimate of drug-likeness (QED) is 0.219. The molecule has 13 heteroatoms. The predicted molar refractivity (Wildman–Crippen MR) is 198 cm³/mol. The van der Waals surface area contributed by atoms with Crippen LogP contribution < -0.4 is 20.0 Å². The maximum absolute atomic E-state index is 13.6. The number of benzene rings is 1. The molecule has 0 radical (unpaired) electrons. The fourth-order valence-corrected chi connectivity index (χ4v) is 6.95. The molecule has 2 N–H and O–H groups in total. The first-order valence-corrected chi connectivity index (χ1v) is 17.7. The van der Waals surface area contributed by atoms with Crippen molar-refractivity contribution in [2.75, 3.05) is 59.8 Å². The first-order chi connectivity index (χ1) is 24.6. The molecule has 3 aliphatic rings. The van der Waals surface area contributed by atoms with Gasteiger partial charge in [-0.1, -0.05) is 42.9 Å². The van der Waals surface area contributed by atoms with E-state index in [9.17, 15) is 24.3 Å². The van der Waals surface area contributed by atoms with Gasteiger partial charge in [0.1, 0.15) is 17.3 Å². The summed E-state index contributed by atoms with van der Waals surface area (Å²) >= 11 is 0. The smallest absolute Gasteiger partial charge is 0.332 e. The first-order valence-electron chi connectivity index (χ1n) is 17.7. The third-order valence-corrected chi connectivity index (χ3v) is 9.84. The summed E-state index contributed by atoms with van der Waals surface area (Å²) in [6.07, 6.45) is 7.78. The van der Waals surface area contributed by atoms with Gasteiger partial charge in [-0.15, -0.1) is 0 Å². The van der Waals surface area contributed by atoms with E-state index < -0.39 is 17.6 Å². The minimum atomic E-state index is -1.09. The second-order valence-corrected chi connectivity index (χ2v) is 12.8. The highest BCUT2D eigenvalue weighted by Gasteiger charge is 2.56. The summed E-state index contributed by atoms with van der Waals surface area (Å²) in [6, 6.07) is 5.30. The predicted octanol–water partition coefficient (Wildman–Crippen LogP) is 5.84. The minimum absolute atomic E-state index is 0.0948. The molecular weight excluding hydrogens is 648 g/mol. The Labute approximate surface area is 300 Å². The molecule has 51 heavy (non-hydrogen) atoms. The van der Waals surface area contributed by atoms with E-state index in [1.54, 1.807) is 52.2 Å². The van der Waals surface area contributed by atoms with Gasteiger partial charge in [0.25, 0.3) is 5.91 Å². The number of likely N-dealkylation sites (tertiary alicyclic amines) is 1. The second-order valence-electron chi connectivity index (χ2n) is 12.8. The molecule has 5 rings (SSSR count). The normalized spacial score (nSPS) is 16.8. The standard InChI is InChI=1S/C33H46N8O5.C5H4/c1-5-38(6-2)30-34-22-26(40(7-3)32(46)39-19-11-12-20-39)27(36-30)35-25(28(42)43)21-23-13-15-24(16-14-23)41-29(44)33(37(4)31(41)45)17-9-8-10-18-33;1-3-5-4-2/h13-16,22,25H,5-12,17-21H2,1-4H3,(H,42,43)(H,34,35,36);1-2H2/t25-;/m0./s1.